The highest BCUT2D eigenvalue weighted by atomic mass is 32.2. The van der Waals surface area contributed by atoms with Crippen molar-refractivity contribution < 1.29 is 14.3 Å². The highest BCUT2D eigenvalue weighted by Gasteiger charge is 2.19. The summed E-state index contributed by atoms with van der Waals surface area (Å²) in [6.07, 6.45) is 0. The van der Waals surface area contributed by atoms with Crippen LogP contribution < -0.4 is 15.4 Å². The molecule has 0 aliphatic carbocycles. The Balaban J connectivity index is 1.52. The van der Waals surface area contributed by atoms with Gasteiger partial charge in [-0.05, 0) is 53.6 Å². The number of hydrogen-bond acceptors (Lipinski definition) is 4. The highest BCUT2D eigenvalue weighted by molar-refractivity contribution is 8.00. The van der Waals surface area contributed by atoms with Crippen molar-refractivity contribution in [1.82, 2.24) is 0 Å². The monoisotopic (exact) mass is 392 g/mol. The molecule has 0 bridgehead atoms. The summed E-state index contributed by atoms with van der Waals surface area (Å²) in [7, 11) is 1.65. The second-order valence-corrected chi connectivity index (χ2v) is 7.75. The van der Waals surface area contributed by atoms with Gasteiger partial charge in [0.2, 0.25) is 11.8 Å². The first-order chi connectivity index (χ1) is 13.5. The van der Waals surface area contributed by atoms with Crippen LogP contribution in [0.3, 0.4) is 0 Å². The summed E-state index contributed by atoms with van der Waals surface area (Å²) in [6, 6.07) is 17.5. The van der Waals surface area contributed by atoms with Crippen LogP contribution in [0.25, 0.3) is 10.8 Å². The van der Waals surface area contributed by atoms with Crippen LogP contribution in [0, 0.1) is 0 Å². The normalized spacial score (nSPS) is 14.1. The molecule has 0 aromatic heterocycles. The number of anilines is 2. The number of fused-ring (bicyclic) bond motifs is 2. The number of thioether (sulfide) groups is 1. The molecule has 0 radical (unpaired) electrons. The Bertz CT molecular complexity index is 1080. The van der Waals surface area contributed by atoms with Gasteiger partial charge in [0, 0.05) is 10.6 Å². The fourth-order valence-corrected chi connectivity index (χ4v) is 3.99. The molecule has 2 amide bonds. The molecular weight excluding hydrogens is 372 g/mol. The fourth-order valence-electron chi connectivity index (χ4n) is 3.20. The van der Waals surface area contributed by atoms with Gasteiger partial charge in [-0.15, -0.1) is 11.8 Å². The lowest BCUT2D eigenvalue weighted by molar-refractivity contribution is -0.117. The van der Waals surface area contributed by atoms with Crippen LogP contribution in [0.2, 0.25) is 0 Å². The quantitative estimate of drug-likeness (QED) is 0.679. The van der Waals surface area contributed by atoms with Crippen LogP contribution in [0.1, 0.15) is 18.4 Å². The molecule has 5 nitrogen and oxygen atoms in total. The lowest BCUT2D eigenvalue weighted by atomic mass is 9.97. The minimum absolute atomic E-state index is 0.0258. The van der Waals surface area contributed by atoms with Crippen molar-refractivity contribution in [3.8, 4) is 5.75 Å². The first-order valence-electron chi connectivity index (χ1n) is 8.99. The zero-order valence-corrected chi connectivity index (χ0v) is 16.4. The van der Waals surface area contributed by atoms with Gasteiger partial charge in [0.15, 0.2) is 0 Å². The summed E-state index contributed by atoms with van der Waals surface area (Å²) < 4.78 is 5.26. The van der Waals surface area contributed by atoms with E-state index in [1.807, 2.05) is 55.5 Å². The molecule has 1 aliphatic rings. The van der Waals surface area contributed by atoms with Gasteiger partial charge in [0.05, 0.1) is 24.5 Å². The Kier molecular flexibility index (Phi) is 4.96. The Hall–Kier alpha value is -2.99. The largest absolute Gasteiger partial charge is 0.497 e. The summed E-state index contributed by atoms with van der Waals surface area (Å²) in [5, 5.41) is 7.92. The van der Waals surface area contributed by atoms with Gasteiger partial charge in [0.25, 0.3) is 0 Å². The number of amides is 2. The standard InChI is InChI=1S/C22H20N2O3S/c1-13(14-3-4-16-10-18(27-2)7-5-15(16)9-14)22(26)23-17-6-8-20-19(11-17)24-21(25)12-28-20/h3-11,13H,12H2,1-2H3,(H,23,26)(H,24,25). The summed E-state index contributed by atoms with van der Waals surface area (Å²) in [4.78, 5) is 25.3. The zero-order chi connectivity index (χ0) is 19.7. The molecule has 142 valence electrons. The number of nitrogens with one attached hydrogen (secondary N) is 2. The number of carbonyl (C=O) groups excluding carboxylic acids is 2. The number of benzene rings is 3. The molecule has 2 N–H and O–H groups in total. The molecule has 4 rings (SSSR count). The van der Waals surface area contributed by atoms with E-state index in [2.05, 4.69) is 10.6 Å². The number of methoxy groups -OCH3 is 1. The van der Waals surface area contributed by atoms with Crippen molar-refractivity contribution in [3.63, 3.8) is 0 Å². The van der Waals surface area contributed by atoms with E-state index in [1.165, 1.54) is 11.8 Å². The minimum Gasteiger partial charge on any atom is -0.497 e. The minimum atomic E-state index is -0.313. The van der Waals surface area contributed by atoms with E-state index in [0.717, 1.165) is 32.7 Å². The van der Waals surface area contributed by atoms with Crippen molar-refractivity contribution in [2.75, 3.05) is 23.5 Å². The van der Waals surface area contributed by atoms with E-state index in [4.69, 9.17) is 4.74 Å². The van der Waals surface area contributed by atoms with Gasteiger partial charge in [-0.1, -0.05) is 24.3 Å². The number of rotatable bonds is 4. The summed E-state index contributed by atoms with van der Waals surface area (Å²) >= 11 is 1.50. The molecule has 6 heteroatoms. The van der Waals surface area contributed by atoms with Gasteiger partial charge in [-0.3, -0.25) is 9.59 Å². The third-order valence-corrected chi connectivity index (χ3v) is 5.92. The van der Waals surface area contributed by atoms with E-state index in [1.54, 1.807) is 13.2 Å². The Labute approximate surface area is 167 Å². The molecule has 1 atom stereocenters. The van der Waals surface area contributed by atoms with Crippen molar-refractivity contribution in [1.29, 1.82) is 0 Å². The molecule has 3 aromatic carbocycles. The van der Waals surface area contributed by atoms with Crippen LogP contribution >= 0.6 is 11.8 Å². The Morgan fingerprint density at radius 1 is 1.11 bits per heavy atom. The SMILES string of the molecule is COc1ccc2cc(C(C)C(=O)Nc3ccc4c(c3)NC(=O)CS4)ccc2c1. The lowest BCUT2D eigenvalue weighted by Crippen LogP contribution is -2.21. The van der Waals surface area contributed by atoms with Crippen LogP contribution in [-0.2, 0) is 9.59 Å². The second-order valence-electron chi connectivity index (χ2n) is 6.73. The van der Waals surface area contributed by atoms with Crippen LogP contribution in [0.4, 0.5) is 11.4 Å². The highest BCUT2D eigenvalue weighted by Crippen LogP contribution is 2.34. The second kappa shape index (κ2) is 7.56. The average Bonchev–Trinajstić information content (AvgIpc) is 2.72. The molecule has 1 unspecified atom stereocenters. The third-order valence-electron chi connectivity index (χ3n) is 4.84. The Morgan fingerprint density at radius 3 is 2.71 bits per heavy atom. The first kappa shape index (κ1) is 18.4. The van der Waals surface area contributed by atoms with Crippen molar-refractivity contribution >= 4 is 45.7 Å². The average molecular weight is 392 g/mol. The van der Waals surface area contributed by atoms with Crippen molar-refractivity contribution in [2.24, 2.45) is 0 Å². The first-order valence-corrected chi connectivity index (χ1v) is 9.97. The molecule has 1 aliphatic heterocycles. The molecule has 1 heterocycles. The van der Waals surface area contributed by atoms with Crippen molar-refractivity contribution in [2.45, 2.75) is 17.7 Å². The summed E-state index contributed by atoms with van der Waals surface area (Å²) in [6.45, 7) is 1.88. The molecule has 0 saturated carbocycles. The van der Waals surface area contributed by atoms with E-state index in [0.29, 0.717) is 11.4 Å². The summed E-state index contributed by atoms with van der Waals surface area (Å²) in [5.41, 5.74) is 2.35. The predicted octanol–water partition coefficient (Wildman–Crippen LogP) is 4.63. The van der Waals surface area contributed by atoms with Crippen LogP contribution in [0.5, 0.6) is 5.75 Å². The van der Waals surface area contributed by atoms with Crippen molar-refractivity contribution in [3.05, 3.63) is 60.2 Å². The number of carbonyl (C=O) groups is 2. The van der Waals surface area contributed by atoms with Crippen LogP contribution in [0.15, 0.2) is 59.5 Å². The Morgan fingerprint density at radius 2 is 1.89 bits per heavy atom. The van der Waals surface area contributed by atoms with Gasteiger partial charge in [-0.25, -0.2) is 0 Å². The topological polar surface area (TPSA) is 67.4 Å². The summed E-state index contributed by atoms with van der Waals surface area (Å²) in [5.74, 6) is 0.795. The van der Waals surface area contributed by atoms with Gasteiger partial charge in [0.1, 0.15) is 5.75 Å². The molecule has 0 spiro atoms. The van der Waals surface area contributed by atoms with Gasteiger partial charge >= 0.3 is 0 Å². The number of hydrogen-bond donors (Lipinski definition) is 2. The van der Waals surface area contributed by atoms with E-state index >= 15 is 0 Å². The maximum absolute atomic E-state index is 12.8. The smallest absolute Gasteiger partial charge is 0.234 e. The molecular formula is C22H20N2O3S. The molecule has 0 saturated heterocycles. The maximum Gasteiger partial charge on any atom is 0.234 e. The number of ether oxygens (including phenoxy) is 1. The van der Waals surface area contributed by atoms with E-state index in [9.17, 15) is 9.59 Å². The zero-order valence-electron chi connectivity index (χ0n) is 15.6. The molecule has 0 fully saturated rings. The lowest BCUT2D eigenvalue weighted by Gasteiger charge is -2.18. The van der Waals surface area contributed by atoms with Crippen LogP contribution in [-0.4, -0.2) is 24.7 Å². The maximum atomic E-state index is 12.8. The predicted molar refractivity (Wildman–Crippen MR) is 113 cm³/mol. The third kappa shape index (κ3) is 3.68. The van der Waals surface area contributed by atoms with E-state index < -0.39 is 0 Å². The van der Waals surface area contributed by atoms with Gasteiger partial charge in [-0.2, -0.15) is 0 Å². The molecule has 28 heavy (non-hydrogen) atoms. The fraction of sp³-hybridized carbons (Fsp3) is 0.182. The molecule has 3 aromatic rings. The van der Waals surface area contributed by atoms with Gasteiger partial charge < -0.3 is 15.4 Å². The van der Waals surface area contributed by atoms with E-state index in [-0.39, 0.29) is 17.7 Å².